The third-order valence-corrected chi connectivity index (χ3v) is 19.0. The summed E-state index contributed by atoms with van der Waals surface area (Å²) >= 11 is 0. The smallest absolute Gasteiger partial charge is 0.410 e. The van der Waals surface area contributed by atoms with E-state index in [2.05, 4.69) is 113 Å². The van der Waals surface area contributed by atoms with E-state index in [1.54, 1.807) is 236 Å². The number of hydrogen-bond donors (Lipinski definition) is 10. The number of phenols is 2. The third-order valence-electron chi connectivity index (χ3n) is 19.0. The summed E-state index contributed by atoms with van der Waals surface area (Å²) in [7, 11) is 3.10. The highest BCUT2D eigenvalue weighted by Crippen LogP contribution is 2.32. The van der Waals surface area contributed by atoms with Crippen LogP contribution in [0.25, 0.3) is 45.6 Å². The fourth-order valence-corrected chi connectivity index (χ4v) is 11.3. The molecule has 10 rings (SSSR count). The number of aliphatic carboxylic acids is 2. The molecule has 0 spiro atoms. The molecule has 8 amide bonds. The van der Waals surface area contributed by atoms with E-state index >= 15 is 0 Å². The predicted molar refractivity (Wildman–Crippen MR) is 515 cm³/mol. The van der Waals surface area contributed by atoms with E-state index in [-0.39, 0.29) is 82.9 Å². The van der Waals surface area contributed by atoms with Gasteiger partial charge < -0.3 is 81.1 Å². The molecule has 742 valence electrons. The van der Waals surface area contributed by atoms with Gasteiger partial charge in [0.25, 0.3) is 0 Å². The zero-order valence-corrected chi connectivity index (χ0v) is 83.3. The molecule has 0 aliphatic rings. The number of nitrogens with zero attached hydrogens (tertiary/aromatic N) is 18. The maximum atomic E-state index is 12.8. The molecule has 0 aliphatic heterocycles. The molecule has 0 fully saturated rings. The van der Waals surface area contributed by atoms with Crippen molar-refractivity contribution in [1.82, 2.24) is 102 Å². The second-order valence-corrected chi connectivity index (χ2v) is 40.3. The lowest BCUT2D eigenvalue weighted by atomic mass is 9.95. The van der Waals surface area contributed by atoms with Crippen LogP contribution in [0, 0.1) is 21.7 Å². The Morgan fingerprint density at radius 2 is 0.547 bits per heavy atom. The zero-order valence-electron chi connectivity index (χ0n) is 83.3. The highest BCUT2D eigenvalue weighted by atomic mass is 16.6. The number of phenolic OH excluding ortho intramolecular Hbond substituents is 2. The monoisotopic (exact) mass is 1910 g/mol. The summed E-state index contributed by atoms with van der Waals surface area (Å²) < 4.78 is 21.4. The van der Waals surface area contributed by atoms with Crippen molar-refractivity contribution in [1.29, 1.82) is 0 Å². The summed E-state index contributed by atoms with van der Waals surface area (Å²) in [6.45, 7) is 43.0. The number of nitrogens with one attached hydrogen (secondary N) is 6. The molecule has 10 N–H and O–H groups in total. The normalized spacial score (nSPS) is 12.5. The van der Waals surface area contributed by atoms with Crippen LogP contribution >= 0.6 is 0 Å². The van der Waals surface area contributed by atoms with E-state index in [4.69, 9.17) is 29.2 Å². The standard InChI is InChI=1S/C27H34N6O4.C26H32N6O4.C23H32N6O5.C21H28N6O5/c1-26(2,3)24(35)28-19-12-10-18(11-13-19)22-29-31-23(32-30-22)21(16-17-8-14-20(34)15-9-17)33(7)25(36)37-27(4,5)6;1-25(2,3)23(34)27-18-11-9-17(10-12-18)21-29-31-22(32-30-21)20(28-24(35)36-26(4,5)6)15-16-7-13-19(33)14-8-16;1-22(2,3)20(32)24-15-10-8-14(9-11-15)18-25-27-19(28-26-18)16(12-13-17(30)31)29(7)21(33)34-23(4,5)6;1-20(2,3)18(30)22-13-9-7-12(8-10-13)16-24-26-17(27-25-16)14(11-15(28)29)23-19(31)32-21(4,5)6/h8-15,21,34H,16H2,1-7H3,(H,28,35);7-14,20,33H,15H2,1-6H3,(H,27,34)(H,28,35);8-11,16H,12-13H2,1-7H3,(H,24,32)(H,30,31);7-10,14H,11H2,1-6H3,(H,22,30)(H,23,31)(H,28,29). The quantitative estimate of drug-likeness (QED) is 0.0238. The second kappa shape index (κ2) is 47.4. The molecule has 4 aromatic heterocycles. The van der Waals surface area contributed by atoms with Gasteiger partial charge in [-0.2, -0.15) is 0 Å². The molecule has 6 aromatic carbocycles. The number of carboxylic acids is 2. The van der Waals surface area contributed by atoms with Crippen LogP contribution in [0.15, 0.2) is 146 Å². The molecule has 4 heterocycles. The Balaban J connectivity index is 0.000000252. The molecule has 4 atom stereocenters. The number of carbonyl (C=O) groups excluding carboxylic acids is 8. The minimum Gasteiger partial charge on any atom is -0.508 e. The first kappa shape index (κ1) is 111. The second-order valence-electron chi connectivity index (χ2n) is 40.3. The lowest BCUT2D eigenvalue weighted by Crippen LogP contribution is -2.38. The summed E-state index contributed by atoms with van der Waals surface area (Å²) in [6, 6.07) is 38.0. The Bertz CT molecular complexity index is 5800. The molecule has 0 radical (unpaired) electrons. The van der Waals surface area contributed by atoms with E-state index in [1.807, 2.05) is 83.1 Å². The van der Waals surface area contributed by atoms with Crippen LogP contribution in [0.4, 0.5) is 41.9 Å². The van der Waals surface area contributed by atoms with Crippen molar-refractivity contribution < 1.29 is 87.3 Å². The van der Waals surface area contributed by atoms with Crippen molar-refractivity contribution in [3.05, 3.63) is 180 Å². The first-order chi connectivity index (χ1) is 64.4. The van der Waals surface area contributed by atoms with E-state index in [0.29, 0.717) is 69.5 Å². The van der Waals surface area contributed by atoms with Gasteiger partial charge in [-0.05, 0) is 222 Å². The third kappa shape index (κ3) is 37.6. The van der Waals surface area contributed by atoms with Crippen molar-refractivity contribution >= 4 is 82.7 Å². The molecule has 4 unspecified atom stereocenters. The molecule has 0 aliphatic carbocycles. The summed E-state index contributed by atoms with van der Waals surface area (Å²) in [5.41, 5.74) is 1.98. The molecular weight excluding hydrogens is 1790 g/mol. The van der Waals surface area contributed by atoms with Crippen LogP contribution in [0.5, 0.6) is 11.5 Å². The highest BCUT2D eigenvalue weighted by molar-refractivity contribution is 5.97. The number of hydrogen-bond acceptors (Lipinski definition) is 32. The number of carbonyl (C=O) groups is 10. The molecule has 42 nitrogen and oxygen atoms in total. The van der Waals surface area contributed by atoms with Crippen molar-refractivity contribution in [2.24, 2.45) is 21.7 Å². The molecule has 0 bridgehead atoms. The van der Waals surface area contributed by atoms with Crippen LogP contribution in [0.1, 0.15) is 244 Å². The summed E-state index contributed by atoms with van der Waals surface area (Å²) in [5, 5.41) is 120. The van der Waals surface area contributed by atoms with Crippen molar-refractivity contribution in [3.8, 4) is 57.1 Å². The number of ether oxygens (including phenoxy) is 4. The minimum absolute atomic E-state index is 0.0592. The van der Waals surface area contributed by atoms with E-state index in [1.165, 1.54) is 16.8 Å². The van der Waals surface area contributed by atoms with Gasteiger partial charge in [-0.3, -0.25) is 28.8 Å². The van der Waals surface area contributed by atoms with Crippen LogP contribution in [-0.4, -0.2) is 208 Å². The van der Waals surface area contributed by atoms with Crippen LogP contribution in [0.3, 0.4) is 0 Å². The summed E-state index contributed by atoms with van der Waals surface area (Å²) in [5.74, 6) is -0.718. The van der Waals surface area contributed by atoms with Gasteiger partial charge in [0.15, 0.2) is 23.3 Å². The fraction of sp³-hybridized carbons (Fsp3) is 0.443. The predicted octanol–water partition coefficient (Wildman–Crippen LogP) is 15.9. The van der Waals surface area contributed by atoms with E-state index in [9.17, 15) is 58.2 Å². The van der Waals surface area contributed by atoms with Gasteiger partial charge in [0.1, 0.15) is 52.0 Å². The van der Waals surface area contributed by atoms with Gasteiger partial charge in [0.05, 0.1) is 12.5 Å². The summed E-state index contributed by atoms with van der Waals surface area (Å²) in [6.07, 6.45) is -2.49. The number of anilines is 4. The van der Waals surface area contributed by atoms with Gasteiger partial charge >= 0.3 is 36.3 Å². The number of rotatable bonds is 25. The van der Waals surface area contributed by atoms with Gasteiger partial charge in [0, 0.05) is 100 Å². The first-order valence-electron chi connectivity index (χ1n) is 44.3. The topological polar surface area (TPSA) is 573 Å². The highest BCUT2D eigenvalue weighted by Gasteiger charge is 2.35. The molecular formula is C97H126N24O18. The lowest BCUT2D eigenvalue weighted by molar-refractivity contribution is -0.138. The number of aromatic hydroxyl groups is 2. The van der Waals surface area contributed by atoms with Crippen molar-refractivity contribution in [2.75, 3.05) is 35.4 Å². The van der Waals surface area contributed by atoms with E-state index < -0.39 is 111 Å². The van der Waals surface area contributed by atoms with Gasteiger partial charge in [-0.15, -0.1) is 81.6 Å². The SMILES string of the molecule is CC(C)(C)OC(=O)NC(CC(=O)O)c1nnc(-c2ccc(NC(=O)C(C)(C)C)cc2)nn1.CC(C)(C)OC(=O)NC(Cc1ccc(O)cc1)c1nnc(-c2ccc(NC(=O)C(C)(C)C)cc2)nn1.CN(C(=O)OC(C)(C)C)C(CCC(=O)O)c1nnc(-c2ccc(NC(=O)C(C)(C)C)cc2)nn1.CN(C(=O)OC(C)(C)C)C(Cc1ccc(O)cc1)c1nnc(-c2ccc(NC(=O)C(C)(C)C)cc2)nn1. The fourth-order valence-electron chi connectivity index (χ4n) is 11.3. The minimum atomic E-state index is -1.16. The lowest BCUT2D eigenvalue weighted by Gasteiger charge is -2.29. The van der Waals surface area contributed by atoms with Crippen LogP contribution in [-0.2, 0) is 60.6 Å². The number of amides is 8. The number of benzene rings is 6. The zero-order chi connectivity index (χ0) is 104. The van der Waals surface area contributed by atoms with Crippen LogP contribution < -0.4 is 31.9 Å². The maximum Gasteiger partial charge on any atom is 0.410 e. The Morgan fingerprint density at radius 3 is 0.806 bits per heavy atom. The van der Waals surface area contributed by atoms with Crippen molar-refractivity contribution in [3.63, 3.8) is 0 Å². The summed E-state index contributed by atoms with van der Waals surface area (Å²) in [4.78, 5) is 123. The Hall–Kier alpha value is -15.4. The Morgan fingerprint density at radius 1 is 0.302 bits per heavy atom. The molecule has 139 heavy (non-hydrogen) atoms. The largest absolute Gasteiger partial charge is 0.508 e. The average Bonchev–Trinajstić information content (AvgIpc) is 0.807. The number of aromatic nitrogens is 16. The van der Waals surface area contributed by atoms with Crippen LogP contribution in [0.2, 0.25) is 0 Å². The number of likely N-dealkylation sites (N-methyl/N-ethyl adjacent to an activating group) is 1. The number of alkyl carbamates (subject to hydrolysis) is 2. The van der Waals surface area contributed by atoms with Gasteiger partial charge in [-0.1, -0.05) is 107 Å². The molecule has 42 heteroatoms. The Kier molecular flexibility index (Phi) is 37.7. The van der Waals surface area contributed by atoms with Gasteiger partial charge in [0.2, 0.25) is 46.9 Å². The van der Waals surface area contributed by atoms with E-state index in [0.717, 1.165) is 11.1 Å². The molecule has 0 saturated heterocycles. The first-order valence-corrected chi connectivity index (χ1v) is 44.3. The molecule has 10 aromatic rings. The maximum absolute atomic E-state index is 12.8. The van der Waals surface area contributed by atoms with Crippen molar-refractivity contribution in [2.45, 2.75) is 245 Å². The molecule has 0 saturated carbocycles. The van der Waals surface area contributed by atoms with Gasteiger partial charge in [-0.25, -0.2) is 19.2 Å². The Labute approximate surface area is 807 Å². The average molecular weight is 1920 g/mol. The number of carboxylic acid groups (broad SMARTS) is 2.